The van der Waals surface area contributed by atoms with E-state index in [9.17, 15) is 14.0 Å². The van der Waals surface area contributed by atoms with Crippen LogP contribution in [0.2, 0.25) is 0 Å². The van der Waals surface area contributed by atoms with Crippen LogP contribution in [-0.2, 0) is 9.59 Å². The zero-order valence-corrected chi connectivity index (χ0v) is 12.9. The van der Waals surface area contributed by atoms with Gasteiger partial charge >= 0.3 is 0 Å². The van der Waals surface area contributed by atoms with Gasteiger partial charge in [-0.25, -0.2) is 4.39 Å². The molecule has 0 fully saturated rings. The number of benzene rings is 2. The molecular weight excluding hydrogens is 299 g/mol. The Balaban J connectivity index is 1.98. The normalized spacial score (nSPS) is 10.0. The molecule has 0 unspecified atom stereocenters. The molecule has 5 nitrogen and oxygen atoms in total. The first kappa shape index (κ1) is 16.5. The molecule has 2 aromatic rings. The quantitative estimate of drug-likeness (QED) is 0.890. The average Bonchev–Trinajstić information content (AvgIpc) is 2.48. The van der Waals surface area contributed by atoms with Crippen molar-refractivity contribution in [2.45, 2.75) is 13.8 Å². The van der Waals surface area contributed by atoms with Crippen molar-refractivity contribution in [1.82, 2.24) is 0 Å². The van der Waals surface area contributed by atoms with E-state index < -0.39 is 11.7 Å². The van der Waals surface area contributed by atoms with Gasteiger partial charge in [-0.05, 0) is 42.8 Å². The van der Waals surface area contributed by atoms with Crippen molar-refractivity contribution in [2.24, 2.45) is 0 Å². The first-order valence-corrected chi connectivity index (χ1v) is 7.00. The number of carbonyl (C=O) groups is 2. The molecule has 0 aliphatic heterocycles. The van der Waals surface area contributed by atoms with Gasteiger partial charge in [0.05, 0.1) is 5.69 Å². The third kappa shape index (κ3) is 5.10. The highest BCUT2D eigenvalue weighted by molar-refractivity contribution is 5.94. The number of anilines is 2. The number of carbonyl (C=O) groups excluding carboxylic acids is 2. The van der Waals surface area contributed by atoms with E-state index in [-0.39, 0.29) is 18.2 Å². The zero-order valence-electron chi connectivity index (χ0n) is 12.9. The predicted molar refractivity (Wildman–Crippen MR) is 86.0 cm³/mol. The maximum Gasteiger partial charge on any atom is 0.262 e. The minimum absolute atomic E-state index is 0.0194. The van der Waals surface area contributed by atoms with Gasteiger partial charge < -0.3 is 15.4 Å². The Morgan fingerprint density at radius 1 is 1.13 bits per heavy atom. The van der Waals surface area contributed by atoms with E-state index in [0.717, 1.165) is 5.56 Å². The average molecular weight is 316 g/mol. The van der Waals surface area contributed by atoms with E-state index in [0.29, 0.717) is 11.4 Å². The lowest BCUT2D eigenvalue weighted by molar-refractivity contribution is -0.118. The Morgan fingerprint density at radius 3 is 2.61 bits per heavy atom. The van der Waals surface area contributed by atoms with E-state index in [1.807, 2.05) is 19.1 Å². The van der Waals surface area contributed by atoms with Gasteiger partial charge in [0, 0.05) is 12.6 Å². The van der Waals surface area contributed by atoms with Crippen LogP contribution in [0, 0.1) is 12.7 Å². The Labute approximate surface area is 133 Å². The lowest BCUT2D eigenvalue weighted by Crippen LogP contribution is -2.21. The molecule has 6 heteroatoms. The van der Waals surface area contributed by atoms with Crippen molar-refractivity contribution in [3.05, 3.63) is 53.8 Å². The summed E-state index contributed by atoms with van der Waals surface area (Å²) in [6.45, 7) is 3.01. The third-order valence-corrected chi connectivity index (χ3v) is 2.92. The molecule has 0 saturated carbocycles. The Morgan fingerprint density at radius 2 is 1.91 bits per heavy atom. The SMILES string of the molecule is CC(=O)Nc1ccc(F)c(NC(=O)COc2cccc(C)c2)c1. The maximum absolute atomic E-state index is 13.7. The highest BCUT2D eigenvalue weighted by atomic mass is 19.1. The molecule has 2 aromatic carbocycles. The molecule has 0 atom stereocenters. The van der Waals surface area contributed by atoms with Gasteiger partial charge in [0.1, 0.15) is 11.6 Å². The van der Waals surface area contributed by atoms with Crippen molar-refractivity contribution >= 4 is 23.2 Å². The van der Waals surface area contributed by atoms with Crippen LogP contribution < -0.4 is 15.4 Å². The molecule has 0 aliphatic rings. The molecule has 0 bridgehead atoms. The van der Waals surface area contributed by atoms with E-state index >= 15 is 0 Å². The Bertz CT molecular complexity index is 732. The van der Waals surface area contributed by atoms with Crippen molar-refractivity contribution in [1.29, 1.82) is 0 Å². The second-order valence-electron chi connectivity index (χ2n) is 5.03. The lowest BCUT2D eigenvalue weighted by Gasteiger charge is -2.10. The van der Waals surface area contributed by atoms with Gasteiger partial charge in [0.15, 0.2) is 6.61 Å². The summed E-state index contributed by atoms with van der Waals surface area (Å²) in [6, 6.07) is 11.2. The van der Waals surface area contributed by atoms with Gasteiger partial charge in [0.25, 0.3) is 5.91 Å². The minimum Gasteiger partial charge on any atom is -0.484 e. The van der Waals surface area contributed by atoms with E-state index in [1.165, 1.54) is 25.1 Å². The van der Waals surface area contributed by atoms with Crippen molar-refractivity contribution in [3.8, 4) is 5.75 Å². The molecule has 2 amide bonds. The summed E-state index contributed by atoms with van der Waals surface area (Å²) in [6.07, 6.45) is 0. The van der Waals surface area contributed by atoms with Crippen LogP contribution in [0.25, 0.3) is 0 Å². The summed E-state index contributed by atoms with van der Waals surface area (Å²) in [5, 5.41) is 4.94. The Kier molecular flexibility index (Phi) is 5.30. The summed E-state index contributed by atoms with van der Waals surface area (Å²) < 4.78 is 19.1. The van der Waals surface area contributed by atoms with Crippen molar-refractivity contribution < 1.29 is 18.7 Å². The molecule has 2 N–H and O–H groups in total. The lowest BCUT2D eigenvalue weighted by atomic mass is 10.2. The van der Waals surface area contributed by atoms with Crippen LogP contribution in [0.5, 0.6) is 5.75 Å². The number of hydrogen-bond acceptors (Lipinski definition) is 3. The second kappa shape index (κ2) is 7.40. The predicted octanol–water partition coefficient (Wildman–Crippen LogP) is 3.11. The standard InChI is InChI=1S/C17H17FN2O3/c1-11-4-3-5-14(8-11)23-10-17(22)20-16-9-13(19-12(2)21)6-7-15(16)18/h3-9H,10H2,1-2H3,(H,19,21)(H,20,22). The molecule has 2 rings (SSSR count). The van der Waals surface area contributed by atoms with Gasteiger partial charge in [-0.1, -0.05) is 12.1 Å². The fourth-order valence-corrected chi connectivity index (χ4v) is 1.94. The molecule has 23 heavy (non-hydrogen) atoms. The van der Waals surface area contributed by atoms with Crippen LogP contribution in [0.3, 0.4) is 0 Å². The summed E-state index contributed by atoms with van der Waals surface area (Å²) in [5.41, 5.74) is 1.39. The van der Waals surface area contributed by atoms with Gasteiger partial charge in [-0.15, -0.1) is 0 Å². The van der Waals surface area contributed by atoms with E-state index in [4.69, 9.17) is 4.74 Å². The van der Waals surface area contributed by atoms with Crippen molar-refractivity contribution in [2.75, 3.05) is 17.2 Å². The molecular formula is C17H17FN2O3. The fraction of sp³-hybridized carbons (Fsp3) is 0.176. The topological polar surface area (TPSA) is 67.4 Å². The number of nitrogens with one attached hydrogen (secondary N) is 2. The van der Waals surface area contributed by atoms with E-state index in [1.54, 1.807) is 12.1 Å². The summed E-state index contributed by atoms with van der Waals surface area (Å²) in [5.74, 6) is -0.808. The first-order chi connectivity index (χ1) is 10.9. The monoisotopic (exact) mass is 316 g/mol. The van der Waals surface area contributed by atoms with Crippen LogP contribution in [-0.4, -0.2) is 18.4 Å². The molecule has 0 aliphatic carbocycles. The molecule has 120 valence electrons. The highest BCUT2D eigenvalue weighted by Gasteiger charge is 2.09. The molecule has 0 heterocycles. The molecule has 0 aromatic heterocycles. The third-order valence-electron chi connectivity index (χ3n) is 2.92. The number of halogens is 1. The number of aryl methyl sites for hydroxylation is 1. The highest BCUT2D eigenvalue weighted by Crippen LogP contribution is 2.20. The molecule has 0 spiro atoms. The molecule has 0 saturated heterocycles. The number of rotatable bonds is 5. The smallest absolute Gasteiger partial charge is 0.262 e. The van der Waals surface area contributed by atoms with Crippen LogP contribution in [0.15, 0.2) is 42.5 Å². The minimum atomic E-state index is -0.594. The summed E-state index contributed by atoms with van der Waals surface area (Å²) in [7, 11) is 0. The largest absolute Gasteiger partial charge is 0.484 e. The Hall–Kier alpha value is -2.89. The number of ether oxygens (including phenoxy) is 1. The zero-order chi connectivity index (χ0) is 16.8. The van der Waals surface area contributed by atoms with Gasteiger partial charge in [0.2, 0.25) is 5.91 Å². The summed E-state index contributed by atoms with van der Waals surface area (Å²) in [4.78, 5) is 22.9. The van der Waals surface area contributed by atoms with E-state index in [2.05, 4.69) is 10.6 Å². The number of amides is 2. The van der Waals surface area contributed by atoms with Crippen LogP contribution in [0.4, 0.5) is 15.8 Å². The maximum atomic E-state index is 13.7. The second-order valence-corrected chi connectivity index (χ2v) is 5.03. The van der Waals surface area contributed by atoms with Crippen LogP contribution >= 0.6 is 0 Å². The van der Waals surface area contributed by atoms with Gasteiger partial charge in [-0.3, -0.25) is 9.59 Å². The fourth-order valence-electron chi connectivity index (χ4n) is 1.94. The first-order valence-electron chi connectivity index (χ1n) is 7.00. The molecule has 0 radical (unpaired) electrons. The summed E-state index contributed by atoms with van der Waals surface area (Å²) >= 11 is 0. The van der Waals surface area contributed by atoms with Crippen molar-refractivity contribution in [3.63, 3.8) is 0 Å². The van der Waals surface area contributed by atoms with Crippen LogP contribution in [0.1, 0.15) is 12.5 Å². The number of hydrogen-bond donors (Lipinski definition) is 2. The van der Waals surface area contributed by atoms with Gasteiger partial charge in [-0.2, -0.15) is 0 Å².